The highest BCUT2D eigenvalue weighted by molar-refractivity contribution is 5.80. The highest BCUT2D eigenvalue weighted by Crippen LogP contribution is 2.23. The first-order chi connectivity index (χ1) is 10.8. The molecular formula is C16H29N3O4. The molecule has 3 unspecified atom stereocenters. The van der Waals surface area contributed by atoms with Crippen LogP contribution in [0.4, 0.5) is 0 Å². The SMILES string of the molecule is CC(=O)NCCN(CC(=O)NC1CCCCC1C)C(C)C(=O)O. The Hall–Kier alpha value is -1.63. The average Bonchev–Trinajstić information content (AvgIpc) is 2.47. The fraction of sp³-hybridized carbons (Fsp3) is 0.812. The van der Waals surface area contributed by atoms with E-state index in [1.54, 1.807) is 11.8 Å². The Morgan fingerprint density at radius 1 is 1.26 bits per heavy atom. The number of carboxylic acid groups (broad SMARTS) is 1. The van der Waals surface area contributed by atoms with E-state index in [1.165, 1.54) is 13.3 Å². The zero-order valence-electron chi connectivity index (χ0n) is 14.3. The Bertz CT molecular complexity index is 428. The number of hydrogen-bond donors (Lipinski definition) is 3. The van der Waals surface area contributed by atoms with Crippen LogP contribution in [0.15, 0.2) is 0 Å². The maximum atomic E-state index is 12.3. The van der Waals surface area contributed by atoms with Crippen LogP contribution in [-0.4, -0.2) is 59.5 Å². The van der Waals surface area contributed by atoms with Gasteiger partial charge in [0, 0.05) is 26.1 Å². The van der Waals surface area contributed by atoms with Gasteiger partial charge in [0.05, 0.1) is 6.54 Å². The zero-order chi connectivity index (χ0) is 17.4. The molecule has 3 atom stereocenters. The monoisotopic (exact) mass is 327 g/mol. The van der Waals surface area contributed by atoms with Gasteiger partial charge in [0.1, 0.15) is 6.04 Å². The lowest BCUT2D eigenvalue weighted by atomic mass is 9.86. The molecule has 0 aromatic rings. The molecule has 132 valence electrons. The minimum absolute atomic E-state index is 0.0241. The van der Waals surface area contributed by atoms with Crippen LogP contribution in [0.25, 0.3) is 0 Å². The van der Waals surface area contributed by atoms with Crippen LogP contribution >= 0.6 is 0 Å². The second-order valence-corrected chi connectivity index (χ2v) is 6.40. The summed E-state index contributed by atoms with van der Waals surface area (Å²) >= 11 is 0. The molecule has 2 amide bonds. The highest BCUT2D eigenvalue weighted by atomic mass is 16.4. The van der Waals surface area contributed by atoms with Crippen LogP contribution < -0.4 is 10.6 Å². The summed E-state index contributed by atoms with van der Waals surface area (Å²) in [6.45, 7) is 5.75. The topological polar surface area (TPSA) is 98.7 Å². The lowest BCUT2D eigenvalue weighted by Gasteiger charge is -2.31. The smallest absolute Gasteiger partial charge is 0.320 e. The number of carbonyl (C=O) groups excluding carboxylic acids is 2. The number of hydrogen-bond acceptors (Lipinski definition) is 4. The molecule has 1 aliphatic carbocycles. The summed E-state index contributed by atoms with van der Waals surface area (Å²) in [5.41, 5.74) is 0. The van der Waals surface area contributed by atoms with Gasteiger partial charge in [-0.2, -0.15) is 0 Å². The molecule has 1 rings (SSSR count). The number of carbonyl (C=O) groups is 3. The first kappa shape index (κ1) is 19.4. The van der Waals surface area contributed by atoms with Crippen molar-refractivity contribution in [1.29, 1.82) is 0 Å². The lowest BCUT2D eigenvalue weighted by Crippen LogP contribution is -2.50. The molecule has 0 aromatic carbocycles. The summed E-state index contributed by atoms with van der Waals surface area (Å²) in [6.07, 6.45) is 4.41. The third kappa shape index (κ3) is 6.99. The maximum absolute atomic E-state index is 12.3. The Morgan fingerprint density at radius 2 is 1.91 bits per heavy atom. The lowest BCUT2D eigenvalue weighted by molar-refractivity contribution is -0.143. The van der Waals surface area contributed by atoms with E-state index in [0.717, 1.165) is 19.3 Å². The zero-order valence-corrected chi connectivity index (χ0v) is 14.3. The molecule has 0 aliphatic heterocycles. The molecular weight excluding hydrogens is 298 g/mol. The Balaban J connectivity index is 2.54. The normalized spacial score (nSPS) is 22.4. The molecule has 1 fully saturated rings. The van der Waals surface area contributed by atoms with Gasteiger partial charge in [-0.15, -0.1) is 0 Å². The Kier molecular flexibility index (Phi) is 8.02. The summed E-state index contributed by atoms with van der Waals surface area (Å²) in [7, 11) is 0. The average molecular weight is 327 g/mol. The van der Waals surface area contributed by atoms with Crippen LogP contribution in [0.5, 0.6) is 0 Å². The van der Waals surface area contributed by atoms with Crippen LogP contribution in [0.1, 0.15) is 46.5 Å². The molecule has 0 spiro atoms. The van der Waals surface area contributed by atoms with Gasteiger partial charge < -0.3 is 15.7 Å². The number of carboxylic acids is 1. The van der Waals surface area contributed by atoms with Gasteiger partial charge in [0.15, 0.2) is 0 Å². The van der Waals surface area contributed by atoms with Gasteiger partial charge in [0.2, 0.25) is 11.8 Å². The molecule has 0 radical (unpaired) electrons. The van der Waals surface area contributed by atoms with E-state index >= 15 is 0 Å². The Labute approximate surface area is 137 Å². The summed E-state index contributed by atoms with van der Waals surface area (Å²) in [5.74, 6) is -0.850. The third-order valence-corrected chi connectivity index (χ3v) is 4.48. The van der Waals surface area contributed by atoms with Gasteiger partial charge in [-0.3, -0.25) is 19.3 Å². The summed E-state index contributed by atoms with van der Waals surface area (Å²) in [6, 6.07) is -0.605. The second-order valence-electron chi connectivity index (χ2n) is 6.40. The second kappa shape index (κ2) is 9.50. The van der Waals surface area contributed by atoms with E-state index in [2.05, 4.69) is 17.6 Å². The van der Waals surface area contributed by atoms with E-state index in [-0.39, 0.29) is 24.4 Å². The fourth-order valence-corrected chi connectivity index (χ4v) is 2.91. The molecule has 23 heavy (non-hydrogen) atoms. The van der Waals surface area contributed by atoms with E-state index in [4.69, 9.17) is 0 Å². The van der Waals surface area contributed by atoms with Crippen molar-refractivity contribution in [2.24, 2.45) is 5.92 Å². The van der Waals surface area contributed by atoms with Crippen LogP contribution in [0.3, 0.4) is 0 Å². The first-order valence-electron chi connectivity index (χ1n) is 8.32. The summed E-state index contributed by atoms with van der Waals surface area (Å²) < 4.78 is 0. The van der Waals surface area contributed by atoms with Crippen molar-refractivity contribution in [3.63, 3.8) is 0 Å². The largest absolute Gasteiger partial charge is 0.480 e. The van der Waals surface area contributed by atoms with Crippen LogP contribution in [-0.2, 0) is 14.4 Å². The molecule has 1 aliphatic rings. The van der Waals surface area contributed by atoms with E-state index in [1.807, 2.05) is 0 Å². The summed E-state index contributed by atoms with van der Waals surface area (Å²) in [4.78, 5) is 36.0. The number of nitrogens with zero attached hydrogens (tertiary/aromatic N) is 1. The molecule has 0 aromatic heterocycles. The Morgan fingerprint density at radius 3 is 2.48 bits per heavy atom. The van der Waals surface area contributed by atoms with E-state index in [0.29, 0.717) is 19.0 Å². The van der Waals surface area contributed by atoms with Crippen molar-refractivity contribution < 1.29 is 19.5 Å². The standard InChI is InChI=1S/C16H29N3O4/c1-11-6-4-5-7-14(11)18-15(21)10-19(12(2)16(22)23)9-8-17-13(3)20/h11-12,14H,4-10H2,1-3H3,(H,17,20)(H,18,21)(H,22,23). The molecule has 0 heterocycles. The van der Waals surface area contributed by atoms with Crippen molar-refractivity contribution in [3.8, 4) is 0 Å². The van der Waals surface area contributed by atoms with Gasteiger partial charge in [-0.05, 0) is 25.7 Å². The van der Waals surface area contributed by atoms with Gasteiger partial charge in [0.25, 0.3) is 0 Å². The van der Waals surface area contributed by atoms with E-state index < -0.39 is 12.0 Å². The predicted octanol–water partition coefficient (Wildman–Crippen LogP) is 0.593. The molecule has 3 N–H and O–H groups in total. The fourth-order valence-electron chi connectivity index (χ4n) is 2.91. The number of aliphatic carboxylic acids is 1. The van der Waals surface area contributed by atoms with Crippen LogP contribution in [0.2, 0.25) is 0 Å². The van der Waals surface area contributed by atoms with Crippen molar-refractivity contribution in [2.45, 2.75) is 58.5 Å². The third-order valence-electron chi connectivity index (χ3n) is 4.48. The minimum Gasteiger partial charge on any atom is -0.480 e. The number of rotatable bonds is 8. The van der Waals surface area contributed by atoms with Gasteiger partial charge in [-0.25, -0.2) is 0 Å². The molecule has 0 saturated heterocycles. The quantitative estimate of drug-likeness (QED) is 0.606. The van der Waals surface area contributed by atoms with Crippen molar-refractivity contribution in [3.05, 3.63) is 0 Å². The highest BCUT2D eigenvalue weighted by Gasteiger charge is 2.26. The van der Waals surface area contributed by atoms with Gasteiger partial charge >= 0.3 is 5.97 Å². The predicted molar refractivity (Wildman–Crippen MR) is 86.9 cm³/mol. The summed E-state index contributed by atoms with van der Waals surface area (Å²) in [5, 5.41) is 14.8. The van der Waals surface area contributed by atoms with Crippen molar-refractivity contribution in [1.82, 2.24) is 15.5 Å². The van der Waals surface area contributed by atoms with E-state index in [9.17, 15) is 19.5 Å². The maximum Gasteiger partial charge on any atom is 0.320 e. The minimum atomic E-state index is -0.980. The van der Waals surface area contributed by atoms with Crippen LogP contribution in [0, 0.1) is 5.92 Å². The van der Waals surface area contributed by atoms with Crippen molar-refractivity contribution >= 4 is 17.8 Å². The van der Waals surface area contributed by atoms with Crippen molar-refractivity contribution in [2.75, 3.05) is 19.6 Å². The molecule has 0 bridgehead atoms. The molecule has 1 saturated carbocycles. The molecule has 7 heteroatoms. The van der Waals surface area contributed by atoms with Gasteiger partial charge in [-0.1, -0.05) is 19.8 Å². The first-order valence-corrected chi connectivity index (χ1v) is 8.32. The number of nitrogens with one attached hydrogen (secondary N) is 2. The molecule has 7 nitrogen and oxygen atoms in total. The number of amides is 2.